The number of aliphatic imine (C=N–C) groups is 1. The molecule has 1 aliphatic rings. The lowest BCUT2D eigenvalue weighted by Gasteiger charge is -2.33. The summed E-state index contributed by atoms with van der Waals surface area (Å²) in [7, 11) is 0. The summed E-state index contributed by atoms with van der Waals surface area (Å²) in [5, 5.41) is 11.4. The third-order valence-corrected chi connectivity index (χ3v) is 5.97. The zero-order chi connectivity index (χ0) is 23.0. The van der Waals surface area contributed by atoms with Gasteiger partial charge in [-0.1, -0.05) is 12.5 Å². The van der Waals surface area contributed by atoms with Crippen LogP contribution in [0.15, 0.2) is 52.2 Å². The van der Waals surface area contributed by atoms with Gasteiger partial charge in [-0.15, -0.1) is 0 Å². The molecule has 0 saturated carbocycles. The zero-order valence-electron chi connectivity index (χ0n) is 19.9. The van der Waals surface area contributed by atoms with Crippen LogP contribution in [0.3, 0.4) is 0 Å². The summed E-state index contributed by atoms with van der Waals surface area (Å²) >= 11 is 0. The lowest BCUT2D eigenvalue weighted by Crippen LogP contribution is -2.44. The number of aromatic nitrogens is 3. The Labute approximate surface area is 196 Å². The van der Waals surface area contributed by atoms with Crippen molar-refractivity contribution < 1.29 is 4.42 Å². The minimum absolute atomic E-state index is 0.200. The zero-order valence-corrected chi connectivity index (χ0v) is 19.9. The van der Waals surface area contributed by atoms with Crippen LogP contribution in [0.4, 0.5) is 0 Å². The molecule has 1 atom stereocenters. The lowest BCUT2D eigenvalue weighted by atomic mass is 10.1. The maximum absolute atomic E-state index is 5.77. The highest BCUT2D eigenvalue weighted by Crippen LogP contribution is 2.24. The Morgan fingerprint density at radius 3 is 2.64 bits per heavy atom. The number of hydrogen-bond donors (Lipinski definition) is 2. The quantitative estimate of drug-likeness (QED) is 0.402. The van der Waals surface area contributed by atoms with E-state index in [1.54, 1.807) is 6.26 Å². The molecular formula is C25H35N7O. The van der Waals surface area contributed by atoms with Crippen molar-refractivity contribution in [3.05, 3.63) is 65.5 Å². The van der Waals surface area contributed by atoms with Crippen LogP contribution in [0.2, 0.25) is 0 Å². The van der Waals surface area contributed by atoms with Gasteiger partial charge in [-0.25, -0.2) is 14.7 Å². The van der Waals surface area contributed by atoms with Gasteiger partial charge in [-0.3, -0.25) is 4.90 Å². The highest BCUT2D eigenvalue weighted by atomic mass is 16.3. The van der Waals surface area contributed by atoms with Gasteiger partial charge in [0.2, 0.25) is 0 Å². The molecular weight excluding hydrogens is 414 g/mol. The molecule has 4 heterocycles. The average molecular weight is 450 g/mol. The molecule has 1 unspecified atom stereocenters. The van der Waals surface area contributed by atoms with Crippen LogP contribution in [-0.4, -0.2) is 51.8 Å². The first-order valence-electron chi connectivity index (χ1n) is 11.9. The lowest BCUT2D eigenvalue weighted by molar-refractivity contribution is 0.146. The second-order valence-electron chi connectivity index (χ2n) is 8.57. The van der Waals surface area contributed by atoms with Gasteiger partial charge < -0.3 is 15.1 Å². The monoisotopic (exact) mass is 449 g/mol. The van der Waals surface area contributed by atoms with Crippen LogP contribution in [0.1, 0.15) is 54.9 Å². The van der Waals surface area contributed by atoms with E-state index in [9.17, 15) is 0 Å². The molecule has 0 aliphatic carbocycles. The number of nitrogens with one attached hydrogen (secondary N) is 2. The number of rotatable bonds is 8. The Balaban J connectivity index is 1.41. The first-order chi connectivity index (χ1) is 16.1. The largest absolute Gasteiger partial charge is 0.468 e. The molecule has 1 aliphatic heterocycles. The number of nitrogens with zero attached hydrogens (tertiary/aromatic N) is 5. The number of pyridine rings is 1. The molecule has 1 saturated heterocycles. The van der Waals surface area contributed by atoms with E-state index >= 15 is 0 Å². The summed E-state index contributed by atoms with van der Waals surface area (Å²) in [6, 6.07) is 10.3. The first-order valence-corrected chi connectivity index (χ1v) is 11.9. The number of piperidine rings is 1. The van der Waals surface area contributed by atoms with Gasteiger partial charge in [0.15, 0.2) is 11.8 Å². The fourth-order valence-electron chi connectivity index (χ4n) is 4.32. The minimum atomic E-state index is 0.200. The fraction of sp³-hybridized carbons (Fsp3) is 0.480. The fourth-order valence-corrected chi connectivity index (χ4v) is 4.32. The number of aryl methyl sites for hydroxylation is 2. The Bertz CT molecular complexity index is 1020. The maximum atomic E-state index is 5.77. The van der Waals surface area contributed by atoms with E-state index < -0.39 is 0 Å². The van der Waals surface area contributed by atoms with Crippen molar-refractivity contribution in [2.45, 2.75) is 52.6 Å². The van der Waals surface area contributed by atoms with E-state index in [2.05, 4.69) is 44.7 Å². The molecule has 0 aromatic carbocycles. The SMILES string of the molecule is CCNC(=NCc1ccc(-n2nc(C)cc2C)nc1)NCC(c1ccco1)N1CCCCC1. The van der Waals surface area contributed by atoms with E-state index in [1.807, 2.05) is 42.9 Å². The van der Waals surface area contributed by atoms with Crippen molar-refractivity contribution in [1.29, 1.82) is 0 Å². The number of furan rings is 1. The summed E-state index contributed by atoms with van der Waals surface area (Å²) in [5.41, 5.74) is 3.11. The molecule has 176 valence electrons. The second-order valence-corrected chi connectivity index (χ2v) is 8.57. The molecule has 8 nitrogen and oxygen atoms in total. The molecule has 0 radical (unpaired) electrons. The molecule has 1 fully saturated rings. The molecule has 2 N–H and O–H groups in total. The topological polar surface area (TPSA) is 83.5 Å². The van der Waals surface area contributed by atoms with Gasteiger partial charge in [0.1, 0.15) is 5.76 Å². The van der Waals surface area contributed by atoms with Crippen LogP contribution < -0.4 is 10.6 Å². The molecule has 3 aromatic rings. The van der Waals surface area contributed by atoms with Gasteiger partial charge in [0, 0.05) is 25.0 Å². The summed E-state index contributed by atoms with van der Waals surface area (Å²) in [6.45, 7) is 10.4. The molecule has 0 bridgehead atoms. The average Bonchev–Trinajstić information content (AvgIpc) is 3.48. The van der Waals surface area contributed by atoms with Crippen LogP contribution in [0.5, 0.6) is 0 Å². The van der Waals surface area contributed by atoms with Gasteiger partial charge in [0.25, 0.3) is 0 Å². The van der Waals surface area contributed by atoms with Crippen molar-refractivity contribution in [3.63, 3.8) is 0 Å². The van der Waals surface area contributed by atoms with Crippen molar-refractivity contribution >= 4 is 5.96 Å². The Morgan fingerprint density at radius 1 is 1.15 bits per heavy atom. The number of guanidine groups is 1. The van der Waals surface area contributed by atoms with Crippen LogP contribution in [0.25, 0.3) is 5.82 Å². The number of hydrogen-bond acceptors (Lipinski definition) is 5. The molecule has 0 amide bonds. The Hall–Kier alpha value is -3.13. The summed E-state index contributed by atoms with van der Waals surface area (Å²) in [5.74, 6) is 2.62. The molecule has 0 spiro atoms. The predicted octanol–water partition coefficient (Wildman–Crippen LogP) is 3.76. The summed E-state index contributed by atoms with van der Waals surface area (Å²) in [4.78, 5) is 11.9. The highest BCUT2D eigenvalue weighted by Gasteiger charge is 2.24. The first kappa shape index (κ1) is 23.0. The Kier molecular flexibility index (Phi) is 7.78. The van der Waals surface area contributed by atoms with E-state index in [0.717, 1.165) is 60.7 Å². The van der Waals surface area contributed by atoms with E-state index in [0.29, 0.717) is 6.54 Å². The van der Waals surface area contributed by atoms with Crippen LogP contribution >= 0.6 is 0 Å². The molecule has 8 heteroatoms. The standard InChI is InChI=1S/C25H35N7O/c1-4-26-25(29-18-22(23-9-8-14-33-23)31-12-6-5-7-13-31)28-17-21-10-11-24(27-16-21)32-20(3)15-19(2)30-32/h8-11,14-16,22H,4-7,12-13,17-18H2,1-3H3,(H2,26,28,29). The second kappa shape index (κ2) is 11.1. The minimum Gasteiger partial charge on any atom is -0.468 e. The van der Waals surface area contributed by atoms with Gasteiger partial charge >= 0.3 is 0 Å². The predicted molar refractivity (Wildman–Crippen MR) is 131 cm³/mol. The third kappa shape index (κ3) is 6.01. The van der Waals surface area contributed by atoms with Gasteiger partial charge in [-0.2, -0.15) is 5.10 Å². The molecule has 33 heavy (non-hydrogen) atoms. The highest BCUT2D eigenvalue weighted by molar-refractivity contribution is 5.79. The summed E-state index contributed by atoms with van der Waals surface area (Å²) in [6.07, 6.45) is 7.43. The van der Waals surface area contributed by atoms with E-state index in [4.69, 9.17) is 9.41 Å². The van der Waals surface area contributed by atoms with Crippen molar-refractivity contribution in [1.82, 2.24) is 30.3 Å². The Morgan fingerprint density at radius 2 is 2.00 bits per heavy atom. The van der Waals surface area contributed by atoms with Gasteiger partial charge in [-0.05, 0) is 76.5 Å². The van der Waals surface area contributed by atoms with Crippen LogP contribution in [0, 0.1) is 13.8 Å². The normalized spacial score (nSPS) is 16.0. The molecule has 3 aromatic heterocycles. The maximum Gasteiger partial charge on any atom is 0.191 e. The van der Waals surface area contributed by atoms with Crippen molar-refractivity contribution in [2.75, 3.05) is 26.2 Å². The van der Waals surface area contributed by atoms with Crippen molar-refractivity contribution in [3.8, 4) is 5.82 Å². The smallest absolute Gasteiger partial charge is 0.191 e. The van der Waals surface area contributed by atoms with Crippen LogP contribution in [-0.2, 0) is 6.54 Å². The summed E-state index contributed by atoms with van der Waals surface area (Å²) < 4.78 is 7.64. The third-order valence-electron chi connectivity index (χ3n) is 5.97. The molecule has 4 rings (SSSR count). The van der Waals surface area contributed by atoms with E-state index in [1.165, 1.54) is 19.3 Å². The van der Waals surface area contributed by atoms with E-state index in [-0.39, 0.29) is 6.04 Å². The number of likely N-dealkylation sites (tertiary alicyclic amines) is 1. The van der Waals surface area contributed by atoms with Crippen molar-refractivity contribution in [2.24, 2.45) is 4.99 Å². The van der Waals surface area contributed by atoms with Gasteiger partial charge in [0.05, 0.1) is 24.5 Å².